The molecule has 0 amide bonds. The molecule has 2 rings (SSSR count). The van der Waals surface area contributed by atoms with E-state index in [1.807, 2.05) is 0 Å². The van der Waals surface area contributed by atoms with Crippen LogP contribution in [-0.2, 0) is 6.18 Å². The number of nitrogens with zero attached hydrogens (tertiary/aromatic N) is 2. The number of H-pyrrole nitrogens is 1. The molecule has 102 valence electrons. The molecule has 5 nitrogen and oxygen atoms in total. The minimum absolute atomic E-state index is 0.112. The summed E-state index contributed by atoms with van der Waals surface area (Å²) in [6.07, 6.45) is -1.61. The number of hydrogen-bond acceptors (Lipinski definition) is 4. The van der Waals surface area contributed by atoms with Crippen molar-refractivity contribution in [3.05, 3.63) is 42.1 Å². The van der Waals surface area contributed by atoms with E-state index in [1.54, 1.807) is 0 Å². The predicted molar refractivity (Wildman–Crippen MR) is 61.3 cm³/mol. The molecule has 1 unspecified atom stereocenters. The maximum Gasteiger partial charge on any atom is 0.417 e. The third-order valence-corrected chi connectivity index (χ3v) is 2.45. The van der Waals surface area contributed by atoms with Crippen LogP contribution >= 0.6 is 0 Å². The second-order valence-corrected chi connectivity index (χ2v) is 3.83. The van der Waals surface area contributed by atoms with E-state index in [0.717, 1.165) is 12.3 Å². The maximum absolute atomic E-state index is 12.3. The molecule has 0 aliphatic rings. The summed E-state index contributed by atoms with van der Waals surface area (Å²) < 4.78 is 36.9. The number of aliphatic hydroxyl groups is 1. The maximum atomic E-state index is 12.3. The lowest BCUT2D eigenvalue weighted by Crippen LogP contribution is -2.13. The van der Waals surface area contributed by atoms with Crippen LogP contribution in [0.1, 0.15) is 17.4 Å². The quantitative estimate of drug-likeness (QED) is 0.795. The normalized spacial score (nSPS) is 13.3. The summed E-state index contributed by atoms with van der Waals surface area (Å²) in [4.78, 5) is 10.1. The van der Waals surface area contributed by atoms with Gasteiger partial charge in [-0.3, -0.25) is 0 Å². The van der Waals surface area contributed by atoms with Crippen molar-refractivity contribution >= 4 is 5.82 Å². The van der Waals surface area contributed by atoms with Crippen molar-refractivity contribution in [2.24, 2.45) is 0 Å². The van der Waals surface area contributed by atoms with E-state index in [0.29, 0.717) is 5.69 Å². The van der Waals surface area contributed by atoms with E-state index in [1.165, 1.54) is 18.6 Å². The van der Waals surface area contributed by atoms with Crippen LogP contribution in [0.25, 0.3) is 0 Å². The Hall–Kier alpha value is -2.09. The van der Waals surface area contributed by atoms with Crippen molar-refractivity contribution in [1.82, 2.24) is 15.0 Å². The van der Waals surface area contributed by atoms with Gasteiger partial charge in [-0.2, -0.15) is 13.2 Å². The Bertz CT molecular complexity index is 510. The molecule has 8 heteroatoms. The molecule has 0 aliphatic heterocycles. The lowest BCUT2D eigenvalue weighted by atomic mass is 10.2. The summed E-state index contributed by atoms with van der Waals surface area (Å²) in [6.45, 7) is 0.112. The SMILES string of the molecule is OC(CNc1ccc(C(F)(F)F)cn1)c1cnc[nH]1. The van der Waals surface area contributed by atoms with Crippen molar-refractivity contribution in [3.63, 3.8) is 0 Å². The number of nitrogens with one attached hydrogen (secondary N) is 2. The predicted octanol–water partition coefficient (Wildman–Crippen LogP) is 1.97. The van der Waals surface area contributed by atoms with Gasteiger partial charge in [0.25, 0.3) is 0 Å². The first kappa shape index (κ1) is 13.3. The number of alkyl halides is 3. The van der Waals surface area contributed by atoms with Gasteiger partial charge in [0, 0.05) is 12.7 Å². The van der Waals surface area contributed by atoms with Gasteiger partial charge in [-0.05, 0) is 12.1 Å². The summed E-state index contributed by atoms with van der Waals surface area (Å²) in [5.41, 5.74) is -0.299. The van der Waals surface area contributed by atoms with E-state index in [9.17, 15) is 18.3 Å². The molecule has 0 bridgehead atoms. The Labute approximate surface area is 106 Å². The van der Waals surface area contributed by atoms with Gasteiger partial charge in [0.15, 0.2) is 0 Å². The Morgan fingerprint density at radius 1 is 1.32 bits per heavy atom. The molecule has 0 saturated carbocycles. The minimum atomic E-state index is -4.40. The molecule has 3 N–H and O–H groups in total. The van der Waals surface area contributed by atoms with Crippen LogP contribution in [0.2, 0.25) is 0 Å². The number of aromatic amines is 1. The first-order chi connectivity index (χ1) is 8.97. The highest BCUT2D eigenvalue weighted by Gasteiger charge is 2.30. The molecule has 1 atom stereocenters. The molecular formula is C11H11F3N4O. The van der Waals surface area contributed by atoms with Crippen molar-refractivity contribution in [2.75, 3.05) is 11.9 Å². The number of aromatic nitrogens is 3. The standard InChI is InChI=1S/C11H11F3N4O/c12-11(13,14)7-1-2-10(16-3-7)17-5-9(19)8-4-15-6-18-8/h1-4,6,9,19H,5H2,(H,15,18)(H,16,17). The lowest BCUT2D eigenvalue weighted by Gasteiger charge is -2.11. The molecule has 2 aromatic rings. The van der Waals surface area contributed by atoms with Gasteiger partial charge in [0.1, 0.15) is 11.9 Å². The number of imidazole rings is 1. The number of rotatable bonds is 4. The van der Waals surface area contributed by atoms with Gasteiger partial charge in [0.2, 0.25) is 0 Å². The first-order valence-corrected chi connectivity index (χ1v) is 5.40. The van der Waals surface area contributed by atoms with Crippen LogP contribution in [0, 0.1) is 0 Å². The lowest BCUT2D eigenvalue weighted by molar-refractivity contribution is -0.137. The zero-order valence-electron chi connectivity index (χ0n) is 9.65. The van der Waals surface area contributed by atoms with E-state index in [2.05, 4.69) is 20.3 Å². The van der Waals surface area contributed by atoms with Gasteiger partial charge >= 0.3 is 6.18 Å². The van der Waals surface area contributed by atoms with Crippen LogP contribution in [0.3, 0.4) is 0 Å². The van der Waals surface area contributed by atoms with Gasteiger partial charge in [-0.15, -0.1) is 0 Å². The monoisotopic (exact) mass is 272 g/mol. The smallest absolute Gasteiger partial charge is 0.385 e. The molecule has 0 radical (unpaired) electrons. The number of hydrogen-bond donors (Lipinski definition) is 3. The Kier molecular flexibility index (Phi) is 3.70. The molecule has 19 heavy (non-hydrogen) atoms. The number of anilines is 1. The van der Waals surface area contributed by atoms with E-state index in [-0.39, 0.29) is 12.4 Å². The fourth-order valence-electron chi connectivity index (χ4n) is 1.43. The summed E-state index contributed by atoms with van der Waals surface area (Å²) >= 11 is 0. The molecule has 0 aliphatic carbocycles. The molecule has 2 aromatic heterocycles. The van der Waals surface area contributed by atoms with Crippen LogP contribution in [-0.4, -0.2) is 26.6 Å². The Balaban J connectivity index is 1.93. The molecular weight excluding hydrogens is 261 g/mol. The van der Waals surface area contributed by atoms with Gasteiger partial charge in [0.05, 0.1) is 23.8 Å². The highest BCUT2D eigenvalue weighted by molar-refractivity contribution is 5.36. The zero-order valence-corrected chi connectivity index (χ0v) is 9.65. The van der Waals surface area contributed by atoms with Gasteiger partial charge in [-0.1, -0.05) is 0 Å². The molecule has 0 fully saturated rings. The van der Waals surface area contributed by atoms with Crippen molar-refractivity contribution in [3.8, 4) is 0 Å². The molecule has 0 saturated heterocycles. The summed E-state index contributed by atoms with van der Waals surface area (Å²) in [6, 6.07) is 2.14. The Morgan fingerprint density at radius 3 is 2.63 bits per heavy atom. The van der Waals surface area contributed by atoms with Crippen LogP contribution in [0.5, 0.6) is 0 Å². The van der Waals surface area contributed by atoms with Crippen molar-refractivity contribution < 1.29 is 18.3 Å². The number of halogens is 3. The molecule has 0 aromatic carbocycles. The highest BCUT2D eigenvalue weighted by Crippen LogP contribution is 2.28. The van der Waals surface area contributed by atoms with Gasteiger partial charge < -0.3 is 15.4 Å². The zero-order chi connectivity index (χ0) is 13.9. The first-order valence-electron chi connectivity index (χ1n) is 5.40. The topological polar surface area (TPSA) is 73.8 Å². The average Bonchev–Trinajstić information content (AvgIpc) is 2.89. The average molecular weight is 272 g/mol. The Morgan fingerprint density at radius 2 is 2.11 bits per heavy atom. The molecule has 0 spiro atoms. The number of aliphatic hydroxyl groups excluding tert-OH is 1. The second kappa shape index (κ2) is 5.27. The highest BCUT2D eigenvalue weighted by atomic mass is 19.4. The third kappa shape index (κ3) is 3.44. The van der Waals surface area contributed by atoms with E-state index >= 15 is 0 Å². The van der Waals surface area contributed by atoms with Gasteiger partial charge in [-0.25, -0.2) is 9.97 Å². The van der Waals surface area contributed by atoms with E-state index < -0.39 is 17.8 Å². The summed E-state index contributed by atoms with van der Waals surface area (Å²) in [5.74, 6) is 0.256. The van der Waals surface area contributed by atoms with Crippen LogP contribution in [0.15, 0.2) is 30.9 Å². The third-order valence-electron chi connectivity index (χ3n) is 2.45. The second-order valence-electron chi connectivity index (χ2n) is 3.83. The van der Waals surface area contributed by atoms with Crippen molar-refractivity contribution in [1.29, 1.82) is 0 Å². The largest absolute Gasteiger partial charge is 0.417 e. The summed E-state index contributed by atoms with van der Waals surface area (Å²) in [5, 5.41) is 12.4. The van der Waals surface area contributed by atoms with Crippen molar-refractivity contribution in [2.45, 2.75) is 12.3 Å². The molecule has 2 heterocycles. The minimum Gasteiger partial charge on any atom is -0.385 e. The van der Waals surface area contributed by atoms with Crippen LogP contribution < -0.4 is 5.32 Å². The number of pyridine rings is 1. The summed E-state index contributed by atoms with van der Waals surface area (Å²) in [7, 11) is 0. The van der Waals surface area contributed by atoms with Crippen LogP contribution in [0.4, 0.5) is 19.0 Å². The fraction of sp³-hybridized carbons (Fsp3) is 0.273. The fourth-order valence-corrected chi connectivity index (χ4v) is 1.43. The van der Waals surface area contributed by atoms with E-state index in [4.69, 9.17) is 0 Å².